The lowest BCUT2D eigenvalue weighted by molar-refractivity contribution is 0.0951. The molecule has 0 saturated carbocycles. The van der Waals surface area contributed by atoms with Gasteiger partial charge in [0.05, 0.1) is 11.9 Å². The average molecular weight is 328 g/mol. The second kappa shape index (κ2) is 7.10. The molecule has 8 heteroatoms. The number of carbonyl (C=O) groups excluding carboxylic acids is 1. The van der Waals surface area contributed by atoms with Crippen LogP contribution in [-0.2, 0) is 0 Å². The normalized spacial score (nSPS) is 10.7. The molecule has 0 aliphatic rings. The van der Waals surface area contributed by atoms with Crippen LogP contribution in [0, 0.1) is 6.92 Å². The highest BCUT2D eigenvalue weighted by atomic mass is 32.2. The molecule has 1 amide bonds. The maximum Gasteiger partial charge on any atom is 0.269 e. The summed E-state index contributed by atoms with van der Waals surface area (Å²) in [6.07, 6.45) is 1.65. The van der Waals surface area contributed by atoms with Gasteiger partial charge in [0.15, 0.2) is 0 Å². The Kier molecular flexibility index (Phi) is 4.72. The number of hydrogen-bond acceptors (Lipinski definition) is 5. The Morgan fingerprint density at radius 1 is 1.26 bits per heavy atom. The summed E-state index contributed by atoms with van der Waals surface area (Å²) in [5, 5.41) is 20.8. The average Bonchev–Trinajstić information content (AvgIpc) is 3.24. The van der Waals surface area contributed by atoms with Crippen LogP contribution >= 0.6 is 11.8 Å². The molecule has 3 N–H and O–H groups in total. The topological polar surface area (TPSA) is 99.4 Å². The summed E-state index contributed by atoms with van der Waals surface area (Å²) in [6, 6.07) is 9.77. The van der Waals surface area contributed by atoms with E-state index in [0.29, 0.717) is 12.2 Å². The van der Waals surface area contributed by atoms with E-state index in [1.54, 1.807) is 12.3 Å². The van der Waals surface area contributed by atoms with Gasteiger partial charge in [0, 0.05) is 17.9 Å². The van der Waals surface area contributed by atoms with E-state index in [0.717, 1.165) is 22.0 Å². The number of aromatic amines is 2. The van der Waals surface area contributed by atoms with Crippen molar-refractivity contribution in [2.24, 2.45) is 0 Å². The number of hydrogen-bond donors (Lipinski definition) is 3. The fraction of sp³-hybridized carbons (Fsp3) is 0.200. The minimum absolute atomic E-state index is 0.170. The van der Waals surface area contributed by atoms with Gasteiger partial charge in [0.2, 0.25) is 0 Å². The molecular formula is C15H16N6OS. The number of rotatable bonds is 6. The third kappa shape index (κ3) is 3.98. The first kappa shape index (κ1) is 15.3. The lowest BCUT2D eigenvalue weighted by atomic mass is 10.1. The third-order valence-corrected chi connectivity index (χ3v) is 4.10. The molecule has 0 atom stereocenters. The molecule has 0 aliphatic carbocycles. The summed E-state index contributed by atoms with van der Waals surface area (Å²) in [5.41, 5.74) is 3.37. The minimum atomic E-state index is -0.170. The summed E-state index contributed by atoms with van der Waals surface area (Å²) in [5.74, 6) is 0.550. The first-order valence-corrected chi connectivity index (χ1v) is 8.10. The molecule has 0 spiro atoms. The number of carbonyl (C=O) groups is 1. The van der Waals surface area contributed by atoms with Gasteiger partial charge in [0.25, 0.3) is 5.91 Å². The highest BCUT2D eigenvalue weighted by molar-refractivity contribution is 7.99. The van der Waals surface area contributed by atoms with Gasteiger partial charge in [-0.25, -0.2) is 0 Å². The molecule has 118 valence electrons. The molecule has 2 aromatic heterocycles. The van der Waals surface area contributed by atoms with Crippen molar-refractivity contribution < 1.29 is 4.79 Å². The van der Waals surface area contributed by atoms with Crippen molar-refractivity contribution in [2.45, 2.75) is 11.9 Å². The van der Waals surface area contributed by atoms with Gasteiger partial charge >= 0.3 is 0 Å². The van der Waals surface area contributed by atoms with Gasteiger partial charge in [0.1, 0.15) is 10.7 Å². The van der Waals surface area contributed by atoms with E-state index in [1.165, 1.54) is 17.3 Å². The van der Waals surface area contributed by atoms with Crippen LogP contribution in [-0.4, -0.2) is 43.8 Å². The van der Waals surface area contributed by atoms with Crippen molar-refractivity contribution in [1.82, 2.24) is 30.9 Å². The van der Waals surface area contributed by atoms with Gasteiger partial charge in [-0.3, -0.25) is 9.89 Å². The van der Waals surface area contributed by atoms with Crippen LogP contribution in [0.4, 0.5) is 0 Å². The second-order valence-corrected chi connectivity index (χ2v) is 6.06. The van der Waals surface area contributed by atoms with E-state index >= 15 is 0 Å². The molecule has 1 aromatic carbocycles. The number of H-pyrrole nitrogens is 2. The number of aryl methyl sites for hydroxylation is 1. The van der Waals surface area contributed by atoms with Gasteiger partial charge < -0.3 is 5.32 Å². The standard InChI is InChI=1S/C15H16N6OS/c1-10-2-4-11(5-3-10)12-8-13(19-18-12)15(22)16-6-7-23-14-9-17-21-20-14/h2-5,8-9H,6-7H2,1H3,(H,16,22)(H,18,19)(H,17,20,21). The number of aromatic nitrogens is 5. The first-order chi connectivity index (χ1) is 11.2. The smallest absolute Gasteiger partial charge is 0.269 e. The molecule has 0 aliphatic heterocycles. The fourth-order valence-corrected chi connectivity index (χ4v) is 2.63. The maximum absolute atomic E-state index is 12.1. The van der Waals surface area contributed by atoms with Crippen molar-refractivity contribution in [3.63, 3.8) is 0 Å². The molecule has 0 radical (unpaired) electrons. The number of nitrogens with one attached hydrogen (secondary N) is 3. The van der Waals surface area contributed by atoms with Gasteiger partial charge in [-0.05, 0) is 13.0 Å². The fourth-order valence-electron chi connectivity index (χ4n) is 1.99. The molecule has 7 nitrogen and oxygen atoms in total. The monoisotopic (exact) mass is 328 g/mol. The molecule has 0 bridgehead atoms. The summed E-state index contributed by atoms with van der Waals surface area (Å²) in [7, 11) is 0. The predicted octanol–water partition coefficient (Wildman–Crippen LogP) is 2.03. The van der Waals surface area contributed by atoms with E-state index in [9.17, 15) is 4.79 Å². The van der Waals surface area contributed by atoms with E-state index in [-0.39, 0.29) is 5.91 Å². The highest BCUT2D eigenvalue weighted by Crippen LogP contribution is 2.18. The molecule has 2 heterocycles. The SMILES string of the molecule is Cc1ccc(-c2cc(C(=O)NCCSc3cn[nH]n3)[nH]n2)cc1. The van der Waals surface area contributed by atoms with E-state index in [1.807, 2.05) is 31.2 Å². The number of nitrogens with zero attached hydrogens (tertiary/aromatic N) is 3. The number of amides is 1. The van der Waals surface area contributed by atoms with Gasteiger partial charge in [-0.2, -0.15) is 15.4 Å². The molecule has 0 unspecified atom stereocenters. The Labute approximate surface area is 137 Å². The zero-order valence-electron chi connectivity index (χ0n) is 12.5. The van der Waals surface area contributed by atoms with Crippen LogP contribution in [0.1, 0.15) is 16.1 Å². The van der Waals surface area contributed by atoms with Crippen LogP contribution in [0.3, 0.4) is 0 Å². The van der Waals surface area contributed by atoms with Gasteiger partial charge in [-0.1, -0.05) is 29.8 Å². The Morgan fingerprint density at radius 3 is 2.83 bits per heavy atom. The summed E-state index contributed by atoms with van der Waals surface area (Å²) < 4.78 is 0. The molecule has 3 aromatic rings. The van der Waals surface area contributed by atoms with Crippen molar-refractivity contribution in [1.29, 1.82) is 0 Å². The van der Waals surface area contributed by atoms with E-state index in [2.05, 4.69) is 30.9 Å². The summed E-state index contributed by atoms with van der Waals surface area (Å²) in [6.45, 7) is 2.57. The Balaban J connectivity index is 1.52. The molecule has 23 heavy (non-hydrogen) atoms. The summed E-state index contributed by atoms with van der Waals surface area (Å²) in [4.78, 5) is 12.1. The Bertz CT molecular complexity index is 766. The highest BCUT2D eigenvalue weighted by Gasteiger charge is 2.10. The minimum Gasteiger partial charge on any atom is -0.350 e. The van der Waals surface area contributed by atoms with E-state index in [4.69, 9.17) is 0 Å². The van der Waals surface area contributed by atoms with Crippen molar-refractivity contribution in [3.8, 4) is 11.3 Å². The van der Waals surface area contributed by atoms with Crippen LogP contribution in [0.5, 0.6) is 0 Å². The van der Waals surface area contributed by atoms with Gasteiger partial charge in [-0.15, -0.1) is 16.9 Å². The zero-order chi connectivity index (χ0) is 16.1. The molecule has 3 rings (SSSR count). The number of benzene rings is 1. The summed E-state index contributed by atoms with van der Waals surface area (Å²) >= 11 is 1.52. The van der Waals surface area contributed by atoms with Crippen LogP contribution in [0.15, 0.2) is 41.6 Å². The maximum atomic E-state index is 12.1. The van der Waals surface area contributed by atoms with Crippen LogP contribution < -0.4 is 5.32 Å². The number of thioether (sulfide) groups is 1. The van der Waals surface area contributed by atoms with Crippen LogP contribution in [0.25, 0.3) is 11.3 Å². The first-order valence-electron chi connectivity index (χ1n) is 7.11. The lowest BCUT2D eigenvalue weighted by Crippen LogP contribution is -2.26. The molecule has 0 fully saturated rings. The van der Waals surface area contributed by atoms with Crippen molar-refractivity contribution in [2.75, 3.05) is 12.3 Å². The van der Waals surface area contributed by atoms with Crippen molar-refractivity contribution in [3.05, 3.63) is 47.8 Å². The lowest BCUT2D eigenvalue weighted by Gasteiger charge is -2.01. The van der Waals surface area contributed by atoms with Crippen LogP contribution in [0.2, 0.25) is 0 Å². The van der Waals surface area contributed by atoms with Crippen molar-refractivity contribution >= 4 is 17.7 Å². The quantitative estimate of drug-likeness (QED) is 0.475. The molecule has 0 saturated heterocycles. The Morgan fingerprint density at radius 2 is 2.09 bits per heavy atom. The second-order valence-electron chi connectivity index (χ2n) is 4.95. The van der Waals surface area contributed by atoms with E-state index < -0.39 is 0 Å². The largest absolute Gasteiger partial charge is 0.350 e. The third-order valence-electron chi connectivity index (χ3n) is 3.20. The predicted molar refractivity (Wildman–Crippen MR) is 88.2 cm³/mol. The zero-order valence-corrected chi connectivity index (χ0v) is 13.4. The Hall–Kier alpha value is -2.61. The molecular weight excluding hydrogens is 312 g/mol.